The first kappa shape index (κ1) is 22.1. The average molecular weight is 451 g/mol. The highest BCUT2D eigenvalue weighted by atomic mass is 32.2. The zero-order chi connectivity index (χ0) is 21.1. The Kier molecular flexibility index (Phi) is 7.01. The molecule has 0 fully saturated rings. The van der Waals surface area contributed by atoms with Crippen LogP contribution in [0.1, 0.15) is 25.6 Å². The number of nitrogens with one attached hydrogen (secondary N) is 1. The minimum Gasteiger partial charge on any atom is -0.465 e. The third kappa shape index (κ3) is 4.80. The van der Waals surface area contributed by atoms with Gasteiger partial charge in [-0.2, -0.15) is 8.78 Å². The second-order valence-corrected chi connectivity index (χ2v) is 9.17. The van der Waals surface area contributed by atoms with E-state index in [0.717, 1.165) is 14.2 Å². The van der Waals surface area contributed by atoms with Crippen LogP contribution in [0, 0.1) is 6.92 Å². The van der Waals surface area contributed by atoms with Crippen molar-refractivity contribution in [3.05, 3.63) is 40.3 Å². The fraction of sp³-hybridized carbons (Fsp3) is 0.250. The molecule has 2 aromatic rings. The average Bonchev–Trinajstić information content (AvgIpc) is 2.99. The number of thiophene rings is 1. The largest absolute Gasteiger partial charge is 0.465 e. The van der Waals surface area contributed by atoms with Crippen molar-refractivity contribution in [1.29, 1.82) is 0 Å². The summed E-state index contributed by atoms with van der Waals surface area (Å²) in [5, 5.41) is 0. The van der Waals surface area contributed by atoms with Crippen LogP contribution in [0.3, 0.4) is 0 Å². The first-order valence-electron chi connectivity index (χ1n) is 7.48. The van der Waals surface area contributed by atoms with Gasteiger partial charge < -0.3 is 9.47 Å². The lowest BCUT2D eigenvalue weighted by Crippen LogP contribution is -2.16. The zero-order valence-corrected chi connectivity index (χ0v) is 17.3. The van der Waals surface area contributed by atoms with Crippen molar-refractivity contribution in [1.82, 2.24) is 0 Å². The van der Waals surface area contributed by atoms with Crippen LogP contribution >= 0.6 is 23.1 Å². The van der Waals surface area contributed by atoms with Crippen LogP contribution in [0.25, 0.3) is 0 Å². The third-order valence-electron chi connectivity index (χ3n) is 3.45. The van der Waals surface area contributed by atoms with Crippen LogP contribution in [-0.2, 0) is 19.5 Å². The van der Waals surface area contributed by atoms with E-state index < -0.39 is 31.9 Å². The summed E-state index contributed by atoms with van der Waals surface area (Å²) in [4.78, 5) is 24.2. The van der Waals surface area contributed by atoms with E-state index >= 15 is 0 Å². The van der Waals surface area contributed by atoms with Crippen LogP contribution in [0.2, 0.25) is 0 Å². The molecular weight excluding hydrogens is 436 g/mol. The third-order valence-corrected chi connectivity index (χ3v) is 7.34. The highest BCUT2D eigenvalue weighted by Crippen LogP contribution is 2.34. The van der Waals surface area contributed by atoms with Crippen molar-refractivity contribution in [3.8, 4) is 0 Å². The minimum atomic E-state index is -4.27. The number of hydrogen-bond acceptors (Lipinski definition) is 8. The standard InChI is InChI=1S/C16H15F2NO6S3/c1-8-11(13(20)24-2)15(27-12(8)14(21)25-3)28(22,23)19-9-4-6-10(7-5-9)26-16(17)18/h4-7,16,19H,1-3H3. The van der Waals surface area contributed by atoms with Crippen LogP contribution in [0.15, 0.2) is 33.4 Å². The van der Waals surface area contributed by atoms with E-state index in [-0.39, 0.29) is 26.6 Å². The molecule has 0 saturated carbocycles. The molecule has 1 aromatic heterocycles. The van der Waals surface area contributed by atoms with Gasteiger partial charge >= 0.3 is 11.9 Å². The van der Waals surface area contributed by atoms with Crippen molar-refractivity contribution < 1.29 is 36.3 Å². The number of halogens is 2. The zero-order valence-electron chi connectivity index (χ0n) is 14.8. The normalized spacial score (nSPS) is 11.4. The molecule has 1 aromatic carbocycles. The SMILES string of the molecule is COC(=O)c1sc(S(=O)(=O)Nc2ccc(SC(F)F)cc2)c(C(=O)OC)c1C. The lowest BCUT2D eigenvalue weighted by Gasteiger charge is -2.09. The smallest absolute Gasteiger partial charge is 0.348 e. The highest BCUT2D eigenvalue weighted by molar-refractivity contribution is 7.99. The quantitative estimate of drug-likeness (QED) is 0.506. The topological polar surface area (TPSA) is 98.8 Å². The Bertz CT molecular complexity index is 987. The Balaban J connectivity index is 2.44. The summed E-state index contributed by atoms with van der Waals surface area (Å²) in [7, 11) is -2.06. The first-order valence-corrected chi connectivity index (χ1v) is 10.7. The van der Waals surface area contributed by atoms with Gasteiger partial charge in [0.2, 0.25) is 0 Å². The van der Waals surface area contributed by atoms with Gasteiger partial charge in [0.05, 0.1) is 19.8 Å². The Morgan fingerprint density at radius 3 is 2.18 bits per heavy atom. The van der Waals surface area contributed by atoms with Crippen molar-refractivity contribution in [2.45, 2.75) is 21.8 Å². The number of ether oxygens (including phenoxy) is 2. The predicted octanol–water partition coefficient (Wildman–Crippen LogP) is 3.75. The first-order chi connectivity index (χ1) is 13.1. The van der Waals surface area contributed by atoms with Gasteiger partial charge in [-0.1, -0.05) is 11.8 Å². The number of methoxy groups -OCH3 is 2. The van der Waals surface area contributed by atoms with Crippen molar-refractivity contribution in [3.63, 3.8) is 0 Å². The van der Waals surface area contributed by atoms with E-state index in [4.69, 9.17) is 0 Å². The van der Waals surface area contributed by atoms with Gasteiger partial charge in [-0.05, 0) is 36.8 Å². The molecule has 0 bridgehead atoms. The molecule has 0 aliphatic rings. The second-order valence-electron chi connectivity index (χ2n) is 5.21. The Morgan fingerprint density at radius 1 is 1.11 bits per heavy atom. The van der Waals surface area contributed by atoms with Crippen LogP contribution in [0.4, 0.5) is 14.5 Å². The number of rotatable bonds is 7. The number of carbonyl (C=O) groups is 2. The molecule has 2 rings (SSSR count). The Hall–Kier alpha value is -2.18. The van der Waals surface area contributed by atoms with Gasteiger partial charge in [0.15, 0.2) is 4.21 Å². The maximum atomic E-state index is 12.8. The van der Waals surface area contributed by atoms with E-state index in [1.54, 1.807) is 0 Å². The maximum absolute atomic E-state index is 12.8. The number of carbonyl (C=O) groups excluding carboxylic acids is 2. The van der Waals surface area contributed by atoms with Gasteiger partial charge in [-0.25, -0.2) is 18.0 Å². The summed E-state index contributed by atoms with van der Waals surface area (Å²) in [6.45, 7) is 1.41. The summed E-state index contributed by atoms with van der Waals surface area (Å²) in [5.41, 5.74) is -0.0573. The molecular formula is C16H15F2NO6S3. The molecule has 0 spiro atoms. The fourth-order valence-electron chi connectivity index (χ4n) is 2.21. The summed E-state index contributed by atoms with van der Waals surface area (Å²) >= 11 is 0.892. The summed E-state index contributed by atoms with van der Waals surface area (Å²) in [5.74, 6) is -4.31. The number of benzene rings is 1. The van der Waals surface area contributed by atoms with E-state index in [2.05, 4.69) is 14.2 Å². The van der Waals surface area contributed by atoms with Crippen molar-refractivity contribution >= 4 is 50.7 Å². The van der Waals surface area contributed by atoms with Crippen molar-refractivity contribution in [2.24, 2.45) is 0 Å². The van der Waals surface area contributed by atoms with Crippen LogP contribution in [-0.4, -0.2) is 40.3 Å². The molecule has 0 saturated heterocycles. The number of sulfonamides is 1. The lowest BCUT2D eigenvalue weighted by atomic mass is 10.2. The molecule has 28 heavy (non-hydrogen) atoms. The molecule has 152 valence electrons. The lowest BCUT2D eigenvalue weighted by molar-refractivity contribution is 0.0596. The summed E-state index contributed by atoms with van der Waals surface area (Å²) < 4.78 is 61.4. The number of hydrogen-bond donors (Lipinski definition) is 1. The molecule has 1 N–H and O–H groups in total. The number of thioether (sulfide) groups is 1. The molecule has 0 atom stereocenters. The molecule has 0 aliphatic heterocycles. The minimum absolute atomic E-state index is 0.0491. The molecule has 7 nitrogen and oxygen atoms in total. The molecule has 1 heterocycles. The molecule has 0 amide bonds. The highest BCUT2D eigenvalue weighted by Gasteiger charge is 2.32. The maximum Gasteiger partial charge on any atom is 0.348 e. The number of anilines is 1. The van der Waals surface area contributed by atoms with E-state index in [0.29, 0.717) is 23.1 Å². The number of esters is 2. The van der Waals surface area contributed by atoms with Gasteiger partial charge in [-0.15, -0.1) is 11.3 Å². The van der Waals surface area contributed by atoms with Gasteiger partial charge in [0.25, 0.3) is 15.8 Å². The van der Waals surface area contributed by atoms with E-state index in [1.807, 2.05) is 0 Å². The van der Waals surface area contributed by atoms with Crippen molar-refractivity contribution in [2.75, 3.05) is 18.9 Å². The van der Waals surface area contributed by atoms with E-state index in [1.165, 1.54) is 31.2 Å². The van der Waals surface area contributed by atoms with Gasteiger partial charge in [0.1, 0.15) is 4.88 Å². The molecule has 12 heteroatoms. The van der Waals surface area contributed by atoms with Gasteiger partial charge in [0, 0.05) is 10.6 Å². The monoisotopic (exact) mass is 451 g/mol. The second kappa shape index (κ2) is 8.88. The van der Waals surface area contributed by atoms with Crippen LogP contribution < -0.4 is 4.72 Å². The van der Waals surface area contributed by atoms with E-state index in [9.17, 15) is 26.8 Å². The van der Waals surface area contributed by atoms with Gasteiger partial charge in [-0.3, -0.25) is 4.72 Å². The Labute approximate surface area is 168 Å². The summed E-state index contributed by atoms with van der Waals surface area (Å²) in [6, 6.07) is 5.27. The number of alkyl halides is 2. The van der Waals surface area contributed by atoms with Crippen LogP contribution in [0.5, 0.6) is 0 Å². The molecule has 0 unspecified atom stereocenters. The molecule has 0 radical (unpaired) electrons. The fourth-order valence-corrected chi connectivity index (χ4v) is 5.51. The predicted molar refractivity (Wildman–Crippen MR) is 101 cm³/mol. The Morgan fingerprint density at radius 2 is 1.68 bits per heavy atom. The summed E-state index contributed by atoms with van der Waals surface area (Å²) in [6.07, 6.45) is 0. The molecule has 0 aliphatic carbocycles.